The number of nitrogens with zero attached hydrogens (tertiary/aromatic N) is 4. The molecule has 7 nitrogen and oxygen atoms in total. The molecule has 0 N–H and O–H groups in total. The van der Waals surface area contributed by atoms with E-state index in [1.807, 2.05) is 91.0 Å². The Balaban J connectivity index is 0.00000464. The second-order valence-corrected chi connectivity index (χ2v) is 13.5. The van der Waals surface area contributed by atoms with Crippen LogP contribution in [0.5, 0.6) is 0 Å². The summed E-state index contributed by atoms with van der Waals surface area (Å²) in [6.07, 6.45) is 2.43. The summed E-state index contributed by atoms with van der Waals surface area (Å²) in [5, 5.41) is 27.3. The normalized spacial score (nSPS) is 18.4. The van der Waals surface area contributed by atoms with Crippen LogP contribution >= 0.6 is 0 Å². The summed E-state index contributed by atoms with van der Waals surface area (Å²) < 4.78 is 0. The van der Waals surface area contributed by atoms with Gasteiger partial charge in [-0.3, -0.25) is 14.9 Å². The Kier molecular flexibility index (Phi) is 11.7. The Hall–Kier alpha value is -5.04. The van der Waals surface area contributed by atoms with Crippen LogP contribution in [-0.4, -0.2) is 47.7 Å². The Morgan fingerprint density at radius 2 is 1.50 bits per heavy atom. The number of para-hydroxylation sites is 1. The van der Waals surface area contributed by atoms with E-state index in [0.29, 0.717) is 30.1 Å². The van der Waals surface area contributed by atoms with Crippen LogP contribution in [0.1, 0.15) is 57.8 Å². The van der Waals surface area contributed by atoms with Gasteiger partial charge in [-0.25, -0.2) is 0 Å². The molecule has 0 radical (unpaired) electrons. The summed E-state index contributed by atoms with van der Waals surface area (Å²) in [4.78, 5) is 27.6. The minimum absolute atomic E-state index is 0. The molecule has 2 aliphatic heterocycles. The van der Waals surface area contributed by atoms with Crippen LogP contribution in [0.2, 0.25) is 0 Å². The van der Waals surface area contributed by atoms with Crippen LogP contribution in [0.15, 0.2) is 137 Å². The number of likely N-dealkylation sites (tertiary alicyclic amines) is 1. The summed E-state index contributed by atoms with van der Waals surface area (Å²) >= 11 is 0. The van der Waals surface area contributed by atoms with Crippen molar-refractivity contribution < 1.29 is 31.5 Å². The summed E-state index contributed by atoms with van der Waals surface area (Å²) in [6.45, 7) is 6.28. The molecule has 2 heterocycles. The molecule has 8 heteroatoms. The largest absolute Gasteiger partial charge is 2.00 e. The zero-order chi connectivity index (χ0) is 35.3. The molecule has 2 aliphatic rings. The molecule has 52 heavy (non-hydrogen) atoms. The number of aliphatic carboxylic acids is 1. The number of anilines is 1. The molecule has 1 fully saturated rings. The van der Waals surface area contributed by atoms with E-state index < -0.39 is 18.1 Å². The monoisotopic (exact) mass is 732 g/mol. The maximum Gasteiger partial charge on any atom is 2.00 e. The van der Waals surface area contributed by atoms with Gasteiger partial charge in [0.15, 0.2) is 0 Å². The zero-order valence-corrected chi connectivity index (χ0v) is 30.4. The summed E-state index contributed by atoms with van der Waals surface area (Å²) in [5.74, 6) is -1.48. The average molecular weight is 734 g/mol. The van der Waals surface area contributed by atoms with Crippen molar-refractivity contribution in [3.63, 3.8) is 0 Å². The topological polar surface area (TPSA) is 94.4 Å². The molecule has 3 atom stereocenters. The van der Waals surface area contributed by atoms with Crippen LogP contribution in [-0.2, 0) is 34.3 Å². The van der Waals surface area contributed by atoms with Gasteiger partial charge >= 0.3 is 16.5 Å². The number of carbonyl (C=O) groups excluding carboxylic acids is 1. The first kappa shape index (κ1) is 36.7. The van der Waals surface area contributed by atoms with Gasteiger partial charge in [0.1, 0.15) is 6.04 Å². The molecule has 5 aromatic rings. The third-order valence-corrected chi connectivity index (χ3v) is 10.3. The number of hydrogen-bond donors (Lipinski definition) is 0. The van der Waals surface area contributed by atoms with E-state index in [1.165, 1.54) is 5.56 Å². The maximum absolute atomic E-state index is 13.9. The number of rotatable bonds is 10. The number of carboxylic acid groups (broad SMARTS) is 1. The van der Waals surface area contributed by atoms with Crippen molar-refractivity contribution >= 4 is 29.0 Å². The quantitative estimate of drug-likeness (QED) is 0.0981. The molecule has 0 aromatic heterocycles. The Morgan fingerprint density at radius 1 is 0.808 bits per heavy atom. The number of aliphatic imine (C=N–C) groups is 2. The van der Waals surface area contributed by atoms with Crippen molar-refractivity contribution in [2.24, 2.45) is 9.98 Å². The number of benzene rings is 5. The van der Waals surface area contributed by atoms with Gasteiger partial charge in [-0.05, 0) is 91.6 Å². The molecule has 0 amide bonds. The predicted octanol–water partition coefficient (Wildman–Crippen LogP) is 6.12. The van der Waals surface area contributed by atoms with Crippen molar-refractivity contribution in [3.05, 3.63) is 166 Å². The van der Waals surface area contributed by atoms with Crippen molar-refractivity contribution in [2.45, 2.75) is 57.8 Å². The van der Waals surface area contributed by atoms with Crippen molar-refractivity contribution in [3.8, 4) is 0 Å². The fraction of sp³-hybridized carbons (Fsp3) is 0.250. The van der Waals surface area contributed by atoms with E-state index in [4.69, 9.17) is 9.98 Å². The van der Waals surface area contributed by atoms with Crippen LogP contribution in [0.4, 0.5) is 11.4 Å². The van der Waals surface area contributed by atoms with E-state index in [0.717, 1.165) is 59.3 Å². The van der Waals surface area contributed by atoms with Gasteiger partial charge in [-0.1, -0.05) is 109 Å². The van der Waals surface area contributed by atoms with Gasteiger partial charge in [0, 0.05) is 35.9 Å². The molecular formula is C44H42N4NiO3. The van der Waals surface area contributed by atoms with Crippen LogP contribution < -0.4 is 15.1 Å². The van der Waals surface area contributed by atoms with Gasteiger partial charge < -0.3 is 19.9 Å². The number of carboxylic acids is 1. The third kappa shape index (κ3) is 7.89. The predicted molar refractivity (Wildman–Crippen MR) is 200 cm³/mol. The average Bonchev–Trinajstić information content (AvgIpc) is 3.62. The zero-order valence-electron chi connectivity index (χ0n) is 29.4. The standard InChI is InChI=1S/C44H44N4O3.Ni/c1-30-23-24-35(28-31(30)2)48-27-25-33-16-9-10-19-36(33)42(48)41(44(50)51)46-40(34-17-7-4-8-18-34)37-20-11-12-21-38(37)45-43(49)39-22-13-26-47(39)29-32-14-5-3-6-15-32;/h3-12,14-21,23-24,28,39,41-42H,13,22,25-27,29H2,1-2H3,(H,45,49)(H,50,51);/q;+2/p-2/t39-,41-,42+;/m0./s1. The fourth-order valence-corrected chi connectivity index (χ4v) is 7.50. The Bertz CT molecular complexity index is 2070. The summed E-state index contributed by atoms with van der Waals surface area (Å²) in [6, 6.07) is 39.2. The van der Waals surface area contributed by atoms with Gasteiger partial charge in [0.05, 0.1) is 23.4 Å². The maximum atomic E-state index is 13.9. The minimum atomic E-state index is -1.27. The van der Waals surface area contributed by atoms with Gasteiger partial charge in [-0.2, -0.15) is 0 Å². The first-order valence-corrected chi connectivity index (χ1v) is 17.8. The van der Waals surface area contributed by atoms with E-state index in [1.54, 1.807) is 0 Å². The van der Waals surface area contributed by atoms with Crippen molar-refractivity contribution in [1.82, 2.24) is 4.90 Å². The van der Waals surface area contributed by atoms with Gasteiger partial charge in [0.2, 0.25) is 0 Å². The van der Waals surface area contributed by atoms with Crippen molar-refractivity contribution in [1.29, 1.82) is 0 Å². The van der Waals surface area contributed by atoms with Gasteiger partial charge in [-0.15, -0.1) is 0 Å². The fourth-order valence-electron chi connectivity index (χ4n) is 7.50. The molecule has 0 bridgehead atoms. The molecular weight excluding hydrogens is 691 g/mol. The van der Waals surface area contributed by atoms with E-state index >= 15 is 0 Å². The second-order valence-electron chi connectivity index (χ2n) is 13.5. The van der Waals surface area contributed by atoms with E-state index in [2.05, 4.69) is 60.0 Å². The third-order valence-electron chi connectivity index (χ3n) is 10.3. The number of carbonyl (C=O) groups is 1. The molecule has 7 rings (SSSR count). The van der Waals surface area contributed by atoms with Crippen LogP contribution in [0.3, 0.4) is 0 Å². The van der Waals surface area contributed by atoms with E-state index in [-0.39, 0.29) is 28.4 Å². The molecule has 0 saturated carbocycles. The van der Waals surface area contributed by atoms with Crippen molar-refractivity contribution in [2.75, 3.05) is 18.0 Å². The Labute approximate surface area is 316 Å². The first-order chi connectivity index (χ1) is 24.9. The molecule has 0 unspecified atom stereocenters. The van der Waals surface area contributed by atoms with Gasteiger partial charge in [0.25, 0.3) is 0 Å². The molecule has 1 saturated heterocycles. The summed E-state index contributed by atoms with van der Waals surface area (Å²) in [7, 11) is 0. The molecule has 266 valence electrons. The molecule has 5 aromatic carbocycles. The van der Waals surface area contributed by atoms with E-state index in [9.17, 15) is 15.0 Å². The molecule has 0 aliphatic carbocycles. The van der Waals surface area contributed by atoms with Crippen LogP contribution in [0.25, 0.3) is 0 Å². The Morgan fingerprint density at radius 3 is 2.25 bits per heavy atom. The first-order valence-electron chi connectivity index (χ1n) is 17.8. The number of aryl methyl sites for hydroxylation is 2. The SMILES string of the molecule is Cc1ccc(N2CCc3ccccc3[C@@H]2[C@H](N=C(c2ccccc2)c2ccccc2N=C([O-])[C@@H]2CCCN2Cc2ccccc2)C(=O)[O-])cc1C.[Ni+2]. The second kappa shape index (κ2) is 16.5. The van der Waals surface area contributed by atoms with Crippen LogP contribution in [0, 0.1) is 13.8 Å². The summed E-state index contributed by atoms with van der Waals surface area (Å²) in [5.41, 5.74) is 8.66. The number of hydrogen-bond acceptors (Lipinski definition) is 7. The minimum Gasteiger partial charge on any atom is -0.861 e. The number of fused-ring (bicyclic) bond motifs is 1. The smallest absolute Gasteiger partial charge is 0.861 e. The molecule has 0 spiro atoms.